The van der Waals surface area contributed by atoms with Crippen molar-refractivity contribution in [2.75, 3.05) is 0 Å². The van der Waals surface area contributed by atoms with E-state index < -0.39 is 18.4 Å². The summed E-state index contributed by atoms with van der Waals surface area (Å²) in [6.45, 7) is 7.15. The van der Waals surface area contributed by atoms with Gasteiger partial charge in [-0.05, 0) is 0 Å². The van der Waals surface area contributed by atoms with Crippen LogP contribution in [0.2, 0.25) is 13.3 Å². The molecule has 2 heteroatoms. The minimum absolute atomic E-state index is 0.692. The van der Waals surface area contributed by atoms with Crippen molar-refractivity contribution in [3.63, 3.8) is 0 Å². The second-order valence-corrected chi connectivity index (χ2v) is 22.3. The summed E-state index contributed by atoms with van der Waals surface area (Å²) in [6.07, 6.45) is 9.87. The molecule has 0 nitrogen and oxygen atoms in total. The first-order chi connectivity index (χ1) is 12.2. The van der Waals surface area contributed by atoms with Crippen LogP contribution in [0, 0.1) is 0 Å². The van der Waals surface area contributed by atoms with Gasteiger partial charge >= 0.3 is 169 Å². The Hall–Kier alpha value is 0.239. The van der Waals surface area contributed by atoms with Crippen LogP contribution in [0.25, 0.3) is 0 Å². The number of fused-ring (bicyclic) bond motifs is 5. The Morgan fingerprint density at radius 1 is 0.840 bits per heavy atom. The number of benzene rings is 1. The van der Waals surface area contributed by atoms with Crippen LogP contribution in [-0.2, 0) is 0 Å². The van der Waals surface area contributed by atoms with E-state index in [2.05, 4.69) is 61.0 Å². The summed E-state index contributed by atoms with van der Waals surface area (Å²) >= 11 is 1.87. The van der Waals surface area contributed by atoms with Gasteiger partial charge in [-0.3, -0.25) is 0 Å². The van der Waals surface area contributed by atoms with Gasteiger partial charge in [-0.1, -0.05) is 0 Å². The first-order valence-corrected chi connectivity index (χ1v) is 18.9. The molecule has 1 aromatic carbocycles. The van der Waals surface area contributed by atoms with Gasteiger partial charge < -0.3 is 0 Å². The molecule has 0 fully saturated rings. The van der Waals surface area contributed by atoms with Gasteiger partial charge in [0.05, 0.1) is 0 Å². The summed E-state index contributed by atoms with van der Waals surface area (Å²) in [5.74, 6) is 1.47. The molecule has 3 rings (SSSR count). The van der Waals surface area contributed by atoms with Gasteiger partial charge in [-0.15, -0.1) is 0 Å². The molecule has 2 bridgehead atoms. The van der Waals surface area contributed by atoms with E-state index in [0.29, 0.717) is 5.92 Å². The standard InChI is InChI=1S/C11H8Br.3C4H9.Sn/c12-11-6-7-5-10(11)9-4-2-1-3-8(7)9;3*1-3-4-2;/h1-4,7,10H,5H2;3*1,3-4H2,2H3;/t7-,10-;;;;/m1..../s1. The first-order valence-electron chi connectivity index (χ1n) is 10.7. The third-order valence-corrected chi connectivity index (χ3v) is 25.0. The molecule has 0 aliphatic heterocycles. The summed E-state index contributed by atoms with van der Waals surface area (Å²) in [4.78, 5) is 0. The molecule has 0 saturated heterocycles. The second-order valence-electron chi connectivity index (χ2n) is 8.32. The zero-order chi connectivity index (χ0) is 17.9. The molecule has 0 N–H and O–H groups in total. The normalized spacial score (nSPS) is 21.9. The predicted octanol–water partition coefficient (Wildman–Crippen LogP) is 8.31. The van der Waals surface area contributed by atoms with Crippen LogP contribution in [0.3, 0.4) is 0 Å². The van der Waals surface area contributed by atoms with Crippen LogP contribution >= 0.6 is 15.9 Å². The summed E-state index contributed by atoms with van der Waals surface area (Å²) in [5.41, 5.74) is 3.32. The first kappa shape index (κ1) is 20.0. The van der Waals surface area contributed by atoms with E-state index in [1.165, 1.54) is 44.9 Å². The Morgan fingerprint density at radius 2 is 1.32 bits per heavy atom. The topological polar surface area (TPSA) is 0 Å². The van der Waals surface area contributed by atoms with E-state index in [4.69, 9.17) is 0 Å². The van der Waals surface area contributed by atoms with Crippen LogP contribution in [0.5, 0.6) is 0 Å². The molecule has 2 atom stereocenters. The second kappa shape index (κ2) is 8.95. The van der Waals surface area contributed by atoms with Crippen molar-refractivity contribution < 1.29 is 0 Å². The molecule has 138 valence electrons. The van der Waals surface area contributed by atoms with Crippen molar-refractivity contribution >= 4 is 34.3 Å². The average molecular weight is 510 g/mol. The van der Waals surface area contributed by atoms with E-state index in [9.17, 15) is 0 Å². The van der Waals surface area contributed by atoms with Gasteiger partial charge in [0.2, 0.25) is 0 Å². The Kier molecular flexibility index (Phi) is 7.16. The summed E-state index contributed by atoms with van der Waals surface area (Å²) < 4.78 is 8.48. The molecule has 0 aromatic heterocycles. The Balaban J connectivity index is 2.00. The van der Waals surface area contributed by atoms with Crippen molar-refractivity contribution in [1.82, 2.24) is 0 Å². The maximum absolute atomic E-state index is 4.18. The molecule has 2 aliphatic rings. The molecule has 0 saturated carbocycles. The van der Waals surface area contributed by atoms with Crippen molar-refractivity contribution in [3.05, 3.63) is 43.5 Å². The Labute approximate surface area is 167 Å². The summed E-state index contributed by atoms with van der Waals surface area (Å²) in [7, 11) is 0. The average Bonchev–Trinajstić information content (AvgIpc) is 3.18. The zero-order valence-corrected chi connectivity index (χ0v) is 20.9. The van der Waals surface area contributed by atoms with Crippen LogP contribution in [0.15, 0.2) is 32.3 Å². The van der Waals surface area contributed by atoms with Crippen molar-refractivity contribution in [2.24, 2.45) is 0 Å². The summed E-state index contributed by atoms with van der Waals surface area (Å²) in [5, 5.41) is 0. The molecule has 25 heavy (non-hydrogen) atoms. The molecule has 0 unspecified atom stereocenters. The number of rotatable bonds is 10. The molecule has 0 amide bonds. The van der Waals surface area contributed by atoms with E-state index in [1.54, 1.807) is 28.9 Å². The third-order valence-electron chi connectivity index (χ3n) is 6.73. The Morgan fingerprint density at radius 3 is 1.80 bits per heavy atom. The molecule has 0 radical (unpaired) electrons. The number of hydrogen-bond donors (Lipinski definition) is 0. The third kappa shape index (κ3) is 3.79. The van der Waals surface area contributed by atoms with Gasteiger partial charge in [-0.2, -0.15) is 0 Å². The van der Waals surface area contributed by atoms with Gasteiger partial charge in [0.1, 0.15) is 0 Å². The number of hydrogen-bond acceptors (Lipinski definition) is 0. The van der Waals surface area contributed by atoms with Gasteiger partial charge in [0, 0.05) is 0 Å². The van der Waals surface area contributed by atoms with Crippen molar-refractivity contribution in [3.8, 4) is 0 Å². The number of unbranched alkanes of at least 4 members (excludes halogenated alkanes) is 3. The number of allylic oxidation sites excluding steroid dienone is 2. The van der Waals surface area contributed by atoms with E-state index >= 15 is 0 Å². The van der Waals surface area contributed by atoms with Crippen molar-refractivity contribution in [1.29, 1.82) is 0 Å². The summed E-state index contributed by atoms with van der Waals surface area (Å²) in [6, 6.07) is 9.34. The van der Waals surface area contributed by atoms with Gasteiger partial charge in [-0.25, -0.2) is 0 Å². The fourth-order valence-electron chi connectivity index (χ4n) is 5.45. The van der Waals surface area contributed by atoms with Crippen LogP contribution in [0.4, 0.5) is 0 Å². The maximum atomic E-state index is 4.18. The minimum atomic E-state index is -2.31. The predicted molar refractivity (Wildman–Crippen MR) is 117 cm³/mol. The molecule has 0 spiro atoms. The molecule has 0 heterocycles. The molecule has 2 aliphatic carbocycles. The molecular formula is C23H35BrSn. The van der Waals surface area contributed by atoms with Crippen LogP contribution in [0.1, 0.15) is 88.7 Å². The van der Waals surface area contributed by atoms with Gasteiger partial charge in [0.25, 0.3) is 0 Å². The fraction of sp³-hybridized carbons (Fsp3) is 0.652. The zero-order valence-electron chi connectivity index (χ0n) is 16.4. The van der Waals surface area contributed by atoms with E-state index in [-0.39, 0.29) is 0 Å². The van der Waals surface area contributed by atoms with Crippen molar-refractivity contribution in [2.45, 2.75) is 90.9 Å². The Bertz CT molecular complexity index is 596. The molecule has 1 aromatic rings. The van der Waals surface area contributed by atoms with E-state index in [0.717, 1.165) is 5.92 Å². The van der Waals surface area contributed by atoms with Crippen LogP contribution in [-0.4, -0.2) is 18.4 Å². The van der Waals surface area contributed by atoms with E-state index in [1.807, 2.05) is 3.59 Å². The van der Waals surface area contributed by atoms with Crippen LogP contribution < -0.4 is 0 Å². The number of halogens is 1. The SMILES string of the molecule is CCC[CH2][Sn]([CH2]CCC)([CH2]CCC)[C]1=C(Br)[C@@H]2C[C@H]1c1ccccc12. The monoisotopic (exact) mass is 510 g/mol. The fourth-order valence-corrected chi connectivity index (χ4v) is 27.1. The molecular weight excluding hydrogens is 475 g/mol. The van der Waals surface area contributed by atoms with Gasteiger partial charge in [0.15, 0.2) is 0 Å². The quantitative estimate of drug-likeness (QED) is 0.278.